The van der Waals surface area contributed by atoms with Gasteiger partial charge in [0.2, 0.25) is 0 Å². The summed E-state index contributed by atoms with van der Waals surface area (Å²) in [7, 11) is -3.38. The molecule has 0 saturated carbocycles. The zero-order chi connectivity index (χ0) is 15.6. The summed E-state index contributed by atoms with van der Waals surface area (Å²) in [5.74, 6) is -0.430. The minimum absolute atomic E-state index is 0.0281. The van der Waals surface area contributed by atoms with Crippen LogP contribution >= 0.6 is 0 Å². The molecule has 0 aliphatic rings. The van der Waals surface area contributed by atoms with Crippen molar-refractivity contribution in [2.45, 2.75) is 26.1 Å². The van der Waals surface area contributed by atoms with Crippen LogP contribution in [0.5, 0.6) is 0 Å². The Balaban J connectivity index is 2.91. The second kappa shape index (κ2) is 6.13. The van der Waals surface area contributed by atoms with Crippen LogP contribution in [0.4, 0.5) is 13.2 Å². The molecular weight excluding hydrogens is 291 g/mol. The molecule has 1 unspecified atom stereocenters. The summed E-state index contributed by atoms with van der Waals surface area (Å²) in [4.78, 5) is 0. The molecule has 0 saturated heterocycles. The molecular formula is C13H18F3NO2S. The summed E-state index contributed by atoms with van der Waals surface area (Å²) in [5, 5.41) is 0. The number of alkyl halides is 3. The molecule has 1 aromatic carbocycles. The average Bonchev–Trinajstić information content (AvgIpc) is 2.25. The lowest BCUT2D eigenvalue weighted by Gasteiger charge is -2.15. The highest BCUT2D eigenvalue weighted by Gasteiger charge is 2.31. The van der Waals surface area contributed by atoms with Crippen molar-refractivity contribution in [3.8, 4) is 0 Å². The van der Waals surface area contributed by atoms with Gasteiger partial charge in [0.25, 0.3) is 0 Å². The average molecular weight is 309 g/mol. The van der Waals surface area contributed by atoms with Gasteiger partial charge >= 0.3 is 6.18 Å². The molecule has 1 rings (SSSR count). The quantitative estimate of drug-likeness (QED) is 0.910. The monoisotopic (exact) mass is 309 g/mol. The predicted molar refractivity (Wildman–Crippen MR) is 71.9 cm³/mol. The van der Waals surface area contributed by atoms with E-state index in [-0.39, 0.29) is 23.0 Å². The zero-order valence-electron chi connectivity index (χ0n) is 11.3. The van der Waals surface area contributed by atoms with E-state index in [1.165, 1.54) is 12.1 Å². The number of benzene rings is 1. The van der Waals surface area contributed by atoms with Crippen LogP contribution in [-0.4, -0.2) is 19.9 Å². The van der Waals surface area contributed by atoms with Crippen LogP contribution in [0.1, 0.15) is 31.0 Å². The minimum Gasteiger partial charge on any atom is -0.323 e. The summed E-state index contributed by atoms with van der Waals surface area (Å²) >= 11 is 0. The molecule has 20 heavy (non-hydrogen) atoms. The Hall–Kier alpha value is -1.08. The lowest BCUT2D eigenvalue weighted by Crippen LogP contribution is -2.25. The highest BCUT2D eigenvalue weighted by molar-refractivity contribution is 7.91. The molecule has 114 valence electrons. The Morgan fingerprint density at radius 2 is 1.80 bits per heavy atom. The molecule has 0 bridgehead atoms. The third-order valence-electron chi connectivity index (χ3n) is 2.66. The van der Waals surface area contributed by atoms with Crippen LogP contribution in [-0.2, 0) is 16.0 Å². The number of hydrogen-bond donors (Lipinski definition) is 1. The Bertz CT molecular complexity index is 553. The minimum atomic E-state index is -4.47. The molecule has 0 radical (unpaired) electrons. The van der Waals surface area contributed by atoms with E-state index in [2.05, 4.69) is 0 Å². The van der Waals surface area contributed by atoms with Crippen molar-refractivity contribution in [3.63, 3.8) is 0 Å². The van der Waals surface area contributed by atoms with Crippen LogP contribution in [0, 0.1) is 5.92 Å². The van der Waals surface area contributed by atoms with Gasteiger partial charge in [0.15, 0.2) is 9.84 Å². The first-order valence-corrected chi connectivity index (χ1v) is 7.96. The van der Waals surface area contributed by atoms with E-state index < -0.39 is 27.6 Å². The summed E-state index contributed by atoms with van der Waals surface area (Å²) in [6, 6.07) is 3.51. The molecule has 0 aliphatic heterocycles. The summed E-state index contributed by atoms with van der Waals surface area (Å²) < 4.78 is 61.4. The van der Waals surface area contributed by atoms with Crippen LogP contribution in [0.15, 0.2) is 24.3 Å². The number of sulfone groups is 1. The zero-order valence-corrected chi connectivity index (χ0v) is 12.1. The van der Waals surface area contributed by atoms with Gasteiger partial charge in [-0.05, 0) is 23.6 Å². The van der Waals surface area contributed by atoms with Gasteiger partial charge in [0.05, 0.1) is 17.1 Å². The number of nitrogens with two attached hydrogens (primary N) is 1. The molecule has 0 aliphatic carbocycles. The fraction of sp³-hybridized carbons (Fsp3) is 0.538. The van der Waals surface area contributed by atoms with Crippen molar-refractivity contribution >= 4 is 9.84 Å². The van der Waals surface area contributed by atoms with Gasteiger partial charge in [0.1, 0.15) is 0 Å². The van der Waals surface area contributed by atoms with Gasteiger partial charge in [-0.15, -0.1) is 0 Å². The number of rotatable bonds is 5. The summed E-state index contributed by atoms with van der Waals surface area (Å²) in [6.07, 6.45) is -4.47. The first kappa shape index (κ1) is 17.0. The first-order chi connectivity index (χ1) is 9.01. The van der Waals surface area contributed by atoms with Crippen LogP contribution in [0.2, 0.25) is 0 Å². The lowest BCUT2D eigenvalue weighted by molar-refractivity contribution is -0.137. The van der Waals surface area contributed by atoms with E-state index in [9.17, 15) is 21.6 Å². The Morgan fingerprint density at radius 1 is 1.20 bits per heavy atom. The van der Waals surface area contributed by atoms with Gasteiger partial charge in [0, 0.05) is 6.04 Å². The number of halogens is 3. The van der Waals surface area contributed by atoms with Crippen molar-refractivity contribution in [3.05, 3.63) is 35.4 Å². The van der Waals surface area contributed by atoms with E-state index in [1.54, 1.807) is 13.8 Å². The van der Waals surface area contributed by atoms with Crippen LogP contribution in [0.3, 0.4) is 0 Å². The summed E-state index contributed by atoms with van der Waals surface area (Å²) in [5.41, 5.74) is 5.07. The van der Waals surface area contributed by atoms with E-state index >= 15 is 0 Å². The maximum atomic E-state index is 12.6. The van der Waals surface area contributed by atoms with E-state index in [0.717, 1.165) is 12.1 Å². The van der Waals surface area contributed by atoms with E-state index in [1.807, 2.05) is 0 Å². The number of hydrogen-bond acceptors (Lipinski definition) is 3. The molecule has 0 spiro atoms. The van der Waals surface area contributed by atoms with Gasteiger partial charge in [-0.2, -0.15) is 13.2 Å². The Kier molecular flexibility index (Phi) is 5.21. The van der Waals surface area contributed by atoms with Crippen molar-refractivity contribution in [1.29, 1.82) is 0 Å². The molecule has 0 heterocycles. The molecule has 3 nitrogen and oxygen atoms in total. The predicted octanol–water partition coefficient (Wildman–Crippen LogP) is 2.78. The standard InChI is InChI=1S/C13H18F3NO2S/c1-9(2)7-20(18,19)8-12(17)10-4-3-5-11(6-10)13(14,15)16/h3-6,9,12H,7-8,17H2,1-2H3. The molecule has 1 atom stereocenters. The largest absolute Gasteiger partial charge is 0.416 e. The van der Waals surface area contributed by atoms with Gasteiger partial charge < -0.3 is 5.73 Å². The van der Waals surface area contributed by atoms with E-state index in [4.69, 9.17) is 5.73 Å². The fourth-order valence-electron chi connectivity index (χ4n) is 1.89. The van der Waals surface area contributed by atoms with Gasteiger partial charge in [-0.1, -0.05) is 26.0 Å². The van der Waals surface area contributed by atoms with Crippen molar-refractivity contribution in [1.82, 2.24) is 0 Å². The third kappa shape index (κ3) is 5.13. The Morgan fingerprint density at radius 3 is 2.30 bits per heavy atom. The first-order valence-electron chi connectivity index (χ1n) is 6.14. The van der Waals surface area contributed by atoms with Crippen molar-refractivity contribution < 1.29 is 21.6 Å². The normalized spacial score (nSPS) is 14.6. The van der Waals surface area contributed by atoms with Crippen LogP contribution in [0.25, 0.3) is 0 Å². The second-order valence-corrected chi connectivity index (χ2v) is 7.35. The van der Waals surface area contributed by atoms with Crippen molar-refractivity contribution in [2.24, 2.45) is 11.7 Å². The topological polar surface area (TPSA) is 60.2 Å². The second-order valence-electron chi connectivity index (χ2n) is 5.20. The molecule has 0 amide bonds. The molecule has 1 aromatic rings. The lowest BCUT2D eigenvalue weighted by atomic mass is 10.1. The van der Waals surface area contributed by atoms with Gasteiger partial charge in [-0.3, -0.25) is 0 Å². The maximum Gasteiger partial charge on any atom is 0.416 e. The molecule has 7 heteroatoms. The van der Waals surface area contributed by atoms with Gasteiger partial charge in [-0.25, -0.2) is 8.42 Å². The van der Waals surface area contributed by atoms with Crippen molar-refractivity contribution in [2.75, 3.05) is 11.5 Å². The SMILES string of the molecule is CC(C)CS(=O)(=O)CC(N)c1cccc(C(F)(F)F)c1. The fourth-order valence-corrected chi connectivity index (χ4v) is 3.78. The highest BCUT2D eigenvalue weighted by atomic mass is 32.2. The smallest absolute Gasteiger partial charge is 0.323 e. The Labute approximate surface area is 116 Å². The van der Waals surface area contributed by atoms with E-state index in [0.29, 0.717) is 0 Å². The highest BCUT2D eigenvalue weighted by Crippen LogP contribution is 2.30. The molecule has 0 fully saturated rings. The molecule has 0 aromatic heterocycles. The summed E-state index contributed by atoms with van der Waals surface area (Å²) in [6.45, 7) is 3.51. The molecule has 2 N–H and O–H groups in total. The van der Waals surface area contributed by atoms with Crippen LogP contribution < -0.4 is 5.73 Å². The third-order valence-corrected chi connectivity index (χ3v) is 4.70. The maximum absolute atomic E-state index is 12.6.